The molecular formula is C21H24N4O2. The zero-order valence-electron chi connectivity index (χ0n) is 16.0. The summed E-state index contributed by atoms with van der Waals surface area (Å²) in [4.78, 5) is 8.84. The Labute approximate surface area is 159 Å². The third-order valence-corrected chi connectivity index (χ3v) is 4.21. The maximum atomic E-state index is 5.35. The number of ether oxygens (including phenoxy) is 2. The molecule has 3 aromatic rings. The molecule has 0 saturated carbocycles. The van der Waals surface area contributed by atoms with Gasteiger partial charge in [0.05, 0.1) is 14.2 Å². The number of hydrogen-bond donors (Lipinski definition) is 2. The molecular weight excluding hydrogens is 340 g/mol. The van der Waals surface area contributed by atoms with Gasteiger partial charge in [0.15, 0.2) is 11.5 Å². The molecule has 2 N–H and O–H groups in total. The highest BCUT2D eigenvalue weighted by molar-refractivity contribution is 5.59. The van der Waals surface area contributed by atoms with E-state index in [0.29, 0.717) is 24.0 Å². The lowest BCUT2D eigenvalue weighted by atomic mass is 10.1. The Hall–Kier alpha value is -3.28. The van der Waals surface area contributed by atoms with E-state index >= 15 is 0 Å². The number of rotatable bonds is 7. The first-order valence-corrected chi connectivity index (χ1v) is 8.71. The molecule has 0 radical (unpaired) electrons. The van der Waals surface area contributed by atoms with Crippen molar-refractivity contribution >= 4 is 17.5 Å². The Morgan fingerprint density at radius 3 is 2.48 bits per heavy atom. The largest absolute Gasteiger partial charge is 0.493 e. The maximum Gasteiger partial charge on any atom is 0.229 e. The molecule has 140 valence electrons. The third-order valence-electron chi connectivity index (χ3n) is 4.21. The van der Waals surface area contributed by atoms with E-state index in [1.807, 2.05) is 30.3 Å². The van der Waals surface area contributed by atoms with Gasteiger partial charge < -0.3 is 20.1 Å². The zero-order valence-corrected chi connectivity index (χ0v) is 16.0. The summed E-state index contributed by atoms with van der Waals surface area (Å²) in [6, 6.07) is 13.9. The van der Waals surface area contributed by atoms with Gasteiger partial charge in [0.25, 0.3) is 0 Å². The van der Waals surface area contributed by atoms with Crippen molar-refractivity contribution in [2.24, 2.45) is 0 Å². The summed E-state index contributed by atoms with van der Waals surface area (Å²) < 4.78 is 10.6. The van der Waals surface area contributed by atoms with Crippen LogP contribution in [0.2, 0.25) is 0 Å². The lowest BCUT2D eigenvalue weighted by Gasteiger charge is -2.12. The molecule has 6 heteroatoms. The van der Waals surface area contributed by atoms with Crippen LogP contribution in [0.15, 0.2) is 48.7 Å². The molecule has 0 saturated heterocycles. The van der Waals surface area contributed by atoms with Crippen LogP contribution < -0.4 is 20.1 Å². The molecule has 0 spiro atoms. The number of benzene rings is 2. The van der Waals surface area contributed by atoms with Crippen LogP contribution in [0.4, 0.5) is 17.5 Å². The quantitative estimate of drug-likeness (QED) is 0.645. The topological polar surface area (TPSA) is 68.3 Å². The number of aromatic nitrogens is 2. The van der Waals surface area contributed by atoms with Gasteiger partial charge >= 0.3 is 0 Å². The molecule has 0 aliphatic carbocycles. The first kappa shape index (κ1) is 18.5. The van der Waals surface area contributed by atoms with Gasteiger partial charge in [-0.3, -0.25) is 0 Å². The standard InChI is InChI=1S/C21H24N4O2/c1-14-5-7-17(15(2)11-14)24-21-22-10-9-20(25-21)23-13-16-6-8-18(26-3)19(12-16)27-4/h5-12H,13H2,1-4H3,(H2,22,23,24,25). The van der Waals surface area contributed by atoms with Gasteiger partial charge in [-0.05, 0) is 49.2 Å². The fraction of sp³-hybridized carbons (Fsp3) is 0.238. The number of nitrogens with zero attached hydrogens (tertiary/aromatic N) is 2. The van der Waals surface area contributed by atoms with E-state index in [-0.39, 0.29) is 0 Å². The van der Waals surface area contributed by atoms with Crippen molar-refractivity contribution in [2.45, 2.75) is 20.4 Å². The van der Waals surface area contributed by atoms with Crippen molar-refractivity contribution < 1.29 is 9.47 Å². The second kappa shape index (κ2) is 8.40. The molecule has 0 amide bonds. The van der Waals surface area contributed by atoms with Gasteiger partial charge in [-0.1, -0.05) is 23.8 Å². The minimum atomic E-state index is 0.555. The Bertz CT molecular complexity index is 928. The van der Waals surface area contributed by atoms with Crippen molar-refractivity contribution in [2.75, 3.05) is 24.9 Å². The highest BCUT2D eigenvalue weighted by atomic mass is 16.5. The zero-order chi connectivity index (χ0) is 19.2. The van der Waals surface area contributed by atoms with Gasteiger partial charge in [-0.2, -0.15) is 4.98 Å². The molecule has 2 aromatic carbocycles. The molecule has 0 aliphatic rings. The number of aryl methyl sites for hydroxylation is 2. The summed E-state index contributed by atoms with van der Waals surface area (Å²) in [6.45, 7) is 4.75. The maximum absolute atomic E-state index is 5.35. The normalized spacial score (nSPS) is 10.4. The summed E-state index contributed by atoms with van der Waals surface area (Å²) in [7, 11) is 3.26. The first-order chi connectivity index (χ1) is 13.1. The van der Waals surface area contributed by atoms with E-state index in [1.165, 1.54) is 5.56 Å². The van der Waals surface area contributed by atoms with Crippen molar-refractivity contribution in [1.29, 1.82) is 0 Å². The van der Waals surface area contributed by atoms with Gasteiger partial charge in [0.1, 0.15) is 5.82 Å². The summed E-state index contributed by atoms with van der Waals surface area (Å²) in [6.07, 6.45) is 1.73. The summed E-state index contributed by atoms with van der Waals surface area (Å²) >= 11 is 0. The molecule has 6 nitrogen and oxygen atoms in total. The van der Waals surface area contributed by atoms with E-state index < -0.39 is 0 Å². The Balaban J connectivity index is 1.69. The van der Waals surface area contributed by atoms with Gasteiger partial charge in [0.2, 0.25) is 5.95 Å². The Morgan fingerprint density at radius 2 is 1.74 bits per heavy atom. The molecule has 1 aromatic heterocycles. The summed E-state index contributed by atoms with van der Waals surface area (Å²) in [5.74, 6) is 2.71. The molecule has 1 heterocycles. The van der Waals surface area contributed by atoms with Crippen LogP contribution in [-0.2, 0) is 6.54 Å². The minimum absolute atomic E-state index is 0.555. The van der Waals surface area contributed by atoms with Gasteiger partial charge in [-0.25, -0.2) is 4.98 Å². The van der Waals surface area contributed by atoms with Crippen LogP contribution >= 0.6 is 0 Å². The van der Waals surface area contributed by atoms with E-state index in [1.54, 1.807) is 20.4 Å². The van der Waals surface area contributed by atoms with Gasteiger partial charge in [-0.15, -0.1) is 0 Å². The number of anilines is 3. The van der Waals surface area contributed by atoms with Crippen molar-refractivity contribution in [3.05, 3.63) is 65.4 Å². The molecule has 0 bridgehead atoms. The van der Waals surface area contributed by atoms with Crippen LogP contribution in [0.5, 0.6) is 11.5 Å². The van der Waals surface area contributed by atoms with Crippen LogP contribution in [-0.4, -0.2) is 24.2 Å². The average molecular weight is 364 g/mol. The first-order valence-electron chi connectivity index (χ1n) is 8.71. The van der Waals surface area contributed by atoms with Crippen LogP contribution in [0, 0.1) is 13.8 Å². The predicted molar refractivity (Wildman–Crippen MR) is 108 cm³/mol. The average Bonchev–Trinajstić information content (AvgIpc) is 2.68. The van der Waals surface area contributed by atoms with E-state index in [9.17, 15) is 0 Å². The van der Waals surface area contributed by atoms with Crippen molar-refractivity contribution in [1.82, 2.24) is 9.97 Å². The van der Waals surface area contributed by atoms with E-state index in [0.717, 1.165) is 22.6 Å². The number of hydrogen-bond acceptors (Lipinski definition) is 6. The smallest absolute Gasteiger partial charge is 0.229 e. The summed E-state index contributed by atoms with van der Waals surface area (Å²) in [5, 5.41) is 6.58. The van der Waals surface area contributed by atoms with Crippen LogP contribution in [0.25, 0.3) is 0 Å². The second-order valence-corrected chi connectivity index (χ2v) is 6.25. The number of nitrogens with one attached hydrogen (secondary N) is 2. The molecule has 0 unspecified atom stereocenters. The van der Waals surface area contributed by atoms with Gasteiger partial charge in [0, 0.05) is 18.4 Å². The van der Waals surface area contributed by atoms with E-state index in [4.69, 9.17) is 9.47 Å². The summed E-state index contributed by atoms with van der Waals surface area (Å²) in [5.41, 5.74) is 4.44. The number of methoxy groups -OCH3 is 2. The Kier molecular flexibility index (Phi) is 5.76. The Morgan fingerprint density at radius 1 is 0.926 bits per heavy atom. The molecule has 27 heavy (non-hydrogen) atoms. The lowest BCUT2D eigenvalue weighted by Crippen LogP contribution is -2.05. The second-order valence-electron chi connectivity index (χ2n) is 6.25. The highest BCUT2D eigenvalue weighted by Gasteiger charge is 2.06. The van der Waals surface area contributed by atoms with Crippen molar-refractivity contribution in [3.63, 3.8) is 0 Å². The van der Waals surface area contributed by atoms with Crippen molar-refractivity contribution in [3.8, 4) is 11.5 Å². The van der Waals surface area contributed by atoms with Crippen LogP contribution in [0.1, 0.15) is 16.7 Å². The fourth-order valence-electron chi connectivity index (χ4n) is 2.77. The molecule has 0 aliphatic heterocycles. The fourth-order valence-corrected chi connectivity index (χ4v) is 2.77. The van der Waals surface area contributed by atoms with E-state index in [2.05, 4.69) is 46.6 Å². The molecule has 0 atom stereocenters. The molecule has 0 fully saturated rings. The van der Waals surface area contributed by atoms with Crippen LogP contribution in [0.3, 0.4) is 0 Å². The predicted octanol–water partition coefficient (Wildman–Crippen LogP) is 4.47. The lowest BCUT2D eigenvalue weighted by molar-refractivity contribution is 0.354. The SMILES string of the molecule is COc1ccc(CNc2ccnc(Nc3ccc(C)cc3C)n2)cc1OC. The minimum Gasteiger partial charge on any atom is -0.493 e. The monoisotopic (exact) mass is 364 g/mol. The third kappa shape index (κ3) is 4.67. The highest BCUT2D eigenvalue weighted by Crippen LogP contribution is 2.28. The molecule has 3 rings (SSSR count).